The summed E-state index contributed by atoms with van der Waals surface area (Å²) >= 11 is 8.70. The molecule has 128 valence electrons. The number of thiocarbonyl (C=S) groups is 1. The molecule has 0 atom stereocenters. The van der Waals surface area contributed by atoms with Crippen LogP contribution < -0.4 is 10.1 Å². The summed E-state index contributed by atoms with van der Waals surface area (Å²) in [4.78, 5) is 14.2. The summed E-state index contributed by atoms with van der Waals surface area (Å²) in [5.74, 6) is 1.13. The van der Waals surface area contributed by atoms with Gasteiger partial charge in [-0.15, -0.1) is 0 Å². The van der Waals surface area contributed by atoms with Gasteiger partial charge in [0.2, 0.25) is 0 Å². The van der Waals surface area contributed by atoms with E-state index in [1.165, 1.54) is 0 Å². The lowest BCUT2D eigenvalue weighted by molar-refractivity contribution is 0.0973. The average molecular weight is 401 g/mol. The summed E-state index contributed by atoms with van der Waals surface area (Å²) in [6.45, 7) is 10.5. The molecule has 1 N–H and O–H groups in total. The standard InChI is InChI=1S/C17H25BrN2O2S/c1-5-20(6-2)17(23)19-16(21)13-7-8-15(14(18)11-13)22-10-9-12(3)4/h7-8,11-12H,5-6,9-10H2,1-4H3,(H,19,21,23). The molecule has 1 rings (SSSR count). The van der Waals surface area contributed by atoms with Crippen LogP contribution in [0.3, 0.4) is 0 Å². The van der Waals surface area contributed by atoms with Crippen LogP contribution in [-0.4, -0.2) is 35.6 Å². The SMILES string of the molecule is CCN(CC)C(=S)NC(=O)c1ccc(OCCC(C)C)c(Br)c1. The van der Waals surface area contributed by atoms with Crippen molar-refractivity contribution in [3.8, 4) is 5.75 Å². The van der Waals surface area contributed by atoms with E-state index in [1.807, 2.05) is 18.7 Å². The molecule has 0 aromatic heterocycles. The van der Waals surface area contributed by atoms with Gasteiger partial charge in [-0.05, 0) is 72.5 Å². The number of benzene rings is 1. The van der Waals surface area contributed by atoms with Crippen molar-refractivity contribution in [1.29, 1.82) is 0 Å². The van der Waals surface area contributed by atoms with Gasteiger partial charge >= 0.3 is 0 Å². The summed E-state index contributed by atoms with van der Waals surface area (Å²) in [7, 11) is 0. The van der Waals surface area contributed by atoms with Gasteiger partial charge in [-0.25, -0.2) is 0 Å². The first kappa shape index (κ1) is 19.9. The lowest BCUT2D eigenvalue weighted by Gasteiger charge is -2.21. The molecule has 0 aliphatic carbocycles. The van der Waals surface area contributed by atoms with Crippen LogP contribution in [0.15, 0.2) is 22.7 Å². The smallest absolute Gasteiger partial charge is 0.257 e. The molecule has 0 bridgehead atoms. The van der Waals surface area contributed by atoms with E-state index in [1.54, 1.807) is 18.2 Å². The van der Waals surface area contributed by atoms with Gasteiger partial charge in [-0.2, -0.15) is 0 Å². The first-order valence-corrected chi connectivity index (χ1v) is 9.11. The fourth-order valence-electron chi connectivity index (χ4n) is 1.92. The second-order valence-corrected chi connectivity index (χ2v) is 6.85. The summed E-state index contributed by atoms with van der Waals surface area (Å²) in [5.41, 5.74) is 0.544. The van der Waals surface area contributed by atoms with E-state index in [9.17, 15) is 4.79 Å². The number of carbonyl (C=O) groups excluding carboxylic acids is 1. The maximum absolute atomic E-state index is 12.3. The summed E-state index contributed by atoms with van der Waals surface area (Å²) in [5, 5.41) is 3.21. The van der Waals surface area contributed by atoms with Crippen LogP contribution in [-0.2, 0) is 0 Å². The number of halogens is 1. The van der Waals surface area contributed by atoms with Gasteiger partial charge in [0.05, 0.1) is 11.1 Å². The fraction of sp³-hybridized carbons (Fsp3) is 0.529. The molecule has 0 spiro atoms. The van der Waals surface area contributed by atoms with Gasteiger partial charge in [0.25, 0.3) is 5.91 Å². The van der Waals surface area contributed by atoms with Crippen molar-refractivity contribution in [2.45, 2.75) is 34.1 Å². The lowest BCUT2D eigenvalue weighted by Crippen LogP contribution is -2.42. The Morgan fingerprint density at radius 1 is 1.35 bits per heavy atom. The Morgan fingerprint density at radius 2 is 2.00 bits per heavy atom. The highest BCUT2D eigenvalue weighted by Gasteiger charge is 2.13. The Balaban J connectivity index is 2.69. The zero-order chi connectivity index (χ0) is 17.4. The number of carbonyl (C=O) groups is 1. The Bertz CT molecular complexity index is 545. The molecular formula is C17H25BrN2O2S. The maximum Gasteiger partial charge on any atom is 0.257 e. The number of hydrogen-bond acceptors (Lipinski definition) is 3. The fourth-order valence-corrected chi connectivity index (χ4v) is 2.77. The molecule has 0 saturated heterocycles. The Kier molecular flexibility index (Phi) is 8.55. The zero-order valence-electron chi connectivity index (χ0n) is 14.2. The summed E-state index contributed by atoms with van der Waals surface area (Å²) < 4.78 is 6.49. The number of nitrogens with zero attached hydrogens (tertiary/aromatic N) is 1. The van der Waals surface area contributed by atoms with Crippen molar-refractivity contribution in [3.05, 3.63) is 28.2 Å². The number of rotatable bonds is 7. The number of nitrogens with one attached hydrogen (secondary N) is 1. The topological polar surface area (TPSA) is 41.6 Å². The van der Waals surface area contributed by atoms with E-state index in [-0.39, 0.29) is 5.91 Å². The molecule has 4 nitrogen and oxygen atoms in total. The largest absolute Gasteiger partial charge is 0.492 e. The predicted octanol–water partition coefficient (Wildman–Crippen LogP) is 4.23. The quantitative estimate of drug-likeness (QED) is 0.695. The van der Waals surface area contributed by atoms with Gasteiger partial charge in [-0.3, -0.25) is 10.1 Å². The third kappa shape index (κ3) is 6.47. The molecule has 1 aromatic rings. The Labute approximate surface area is 152 Å². The van der Waals surface area contributed by atoms with Crippen molar-refractivity contribution in [1.82, 2.24) is 10.2 Å². The molecule has 0 aliphatic rings. The van der Waals surface area contributed by atoms with Gasteiger partial charge in [0, 0.05) is 18.7 Å². The highest BCUT2D eigenvalue weighted by Crippen LogP contribution is 2.26. The highest BCUT2D eigenvalue weighted by atomic mass is 79.9. The number of hydrogen-bond donors (Lipinski definition) is 1. The molecule has 0 fully saturated rings. The molecule has 1 aromatic carbocycles. The monoisotopic (exact) mass is 400 g/mol. The van der Waals surface area contributed by atoms with Crippen molar-refractivity contribution in [3.63, 3.8) is 0 Å². The molecule has 0 unspecified atom stereocenters. The van der Waals surface area contributed by atoms with E-state index in [0.717, 1.165) is 29.7 Å². The first-order chi connectivity index (χ1) is 10.9. The number of amides is 1. The van der Waals surface area contributed by atoms with Crippen molar-refractivity contribution >= 4 is 39.2 Å². The van der Waals surface area contributed by atoms with E-state index in [4.69, 9.17) is 17.0 Å². The molecule has 6 heteroatoms. The van der Waals surface area contributed by atoms with Crippen LogP contribution >= 0.6 is 28.1 Å². The molecule has 1 amide bonds. The van der Waals surface area contributed by atoms with E-state index >= 15 is 0 Å². The van der Waals surface area contributed by atoms with Gasteiger partial charge in [0.15, 0.2) is 5.11 Å². The van der Waals surface area contributed by atoms with Crippen LogP contribution in [0.25, 0.3) is 0 Å². The van der Waals surface area contributed by atoms with Gasteiger partial charge < -0.3 is 9.64 Å². The van der Waals surface area contributed by atoms with E-state index < -0.39 is 0 Å². The van der Waals surface area contributed by atoms with Gasteiger partial charge in [-0.1, -0.05) is 13.8 Å². The predicted molar refractivity (Wildman–Crippen MR) is 102 cm³/mol. The van der Waals surface area contributed by atoms with E-state index in [2.05, 4.69) is 35.1 Å². The van der Waals surface area contributed by atoms with Crippen LogP contribution in [0, 0.1) is 5.92 Å². The molecule has 0 aliphatic heterocycles. The third-order valence-electron chi connectivity index (χ3n) is 3.42. The first-order valence-electron chi connectivity index (χ1n) is 7.91. The van der Waals surface area contributed by atoms with E-state index in [0.29, 0.717) is 23.2 Å². The summed E-state index contributed by atoms with van der Waals surface area (Å²) in [6.07, 6.45) is 0.993. The van der Waals surface area contributed by atoms with Crippen LogP contribution in [0.1, 0.15) is 44.5 Å². The van der Waals surface area contributed by atoms with Crippen LogP contribution in [0.5, 0.6) is 5.75 Å². The van der Waals surface area contributed by atoms with Crippen molar-refractivity contribution < 1.29 is 9.53 Å². The molecule has 0 heterocycles. The normalized spacial score (nSPS) is 10.5. The molecule has 0 radical (unpaired) electrons. The maximum atomic E-state index is 12.3. The number of ether oxygens (including phenoxy) is 1. The molecule has 23 heavy (non-hydrogen) atoms. The minimum Gasteiger partial charge on any atom is -0.492 e. The second-order valence-electron chi connectivity index (χ2n) is 5.61. The minimum atomic E-state index is -0.212. The average Bonchev–Trinajstić information content (AvgIpc) is 2.49. The minimum absolute atomic E-state index is 0.212. The lowest BCUT2D eigenvalue weighted by atomic mass is 10.1. The summed E-state index contributed by atoms with van der Waals surface area (Å²) in [6, 6.07) is 5.31. The third-order valence-corrected chi connectivity index (χ3v) is 4.40. The van der Waals surface area contributed by atoms with Crippen molar-refractivity contribution in [2.24, 2.45) is 5.92 Å². The highest BCUT2D eigenvalue weighted by molar-refractivity contribution is 9.10. The second kappa shape index (κ2) is 9.88. The Morgan fingerprint density at radius 3 is 2.52 bits per heavy atom. The molecule has 0 saturated carbocycles. The van der Waals surface area contributed by atoms with Crippen LogP contribution in [0.2, 0.25) is 0 Å². The Hall–Kier alpha value is -1.14. The van der Waals surface area contributed by atoms with Gasteiger partial charge in [0.1, 0.15) is 5.75 Å². The van der Waals surface area contributed by atoms with Crippen LogP contribution in [0.4, 0.5) is 0 Å². The van der Waals surface area contributed by atoms with Crippen molar-refractivity contribution in [2.75, 3.05) is 19.7 Å². The zero-order valence-corrected chi connectivity index (χ0v) is 16.6. The molecular weight excluding hydrogens is 376 g/mol.